The number of rotatable bonds is 5. The summed E-state index contributed by atoms with van der Waals surface area (Å²) in [7, 11) is 0. The van der Waals surface area contributed by atoms with E-state index in [1.54, 1.807) is 18.3 Å². The Bertz CT molecular complexity index is 693. The molecule has 1 aliphatic rings. The van der Waals surface area contributed by atoms with Crippen molar-refractivity contribution in [2.45, 2.75) is 61.9 Å². The summed E-state index contributed by atoms with van der Waals surface area (Å²) in [6.07, 6.45) is 8.82. The van der Waals surface area contributed by atoms with Crippen LogP contribution in [0.3, 0.4) is 0 Å². The number of hydrogen-bond acceptors (Lipinski definition) is 3. The van der Waals surface area contributed by atoms with Gasteiger partial charge in [0.25, 0.3) is 0 Å². The van der Waals surface area contributed by atoms with Crippen LogP contribution in [-0.4, -0.2) is 27.2 Å². The number of nitrogens with zero attached hydrogens (tertiary/aromatic N) is 1. The Balaban J connectivity index is 1.56. The lowest BCUT2D eigenvalue weighted by Gasteiger charge is -2.18. The molecule has 1 heterocycles. The number of nitrogens with one attached hydrogen (secondary N) is 2. The van der Waals surface area contributed by atoms with E-state index >= 15 is 0 Å². The first kappa shape index (κ1) is 18.0. The van der Waals surface area contributed by atoms with Crippen LogP contribution in [0.25, 0.3) is 11.3 Å². The van der Waals surface area contributed by atoms with Crippen LogP contribution in [0.4, 0.5) is 4.39 Å². The second-order valence-corrected chi connectivity index (χ2v) is 7.90. The lowest BCUT2D eigenvalue weighted by Crippen LogP contribution is -2.39. The van der Waals surface area contributed by atoms with Gasteiger partial charge in [-0.05, 0) is 49.6 Å². The Morgan fingerprint density at radius 1 is 1.24 bits per heavy atom. The Hall–Kier alpha value is -1.82. The number of halogens is 1. The van der Waals surface area contributed by atoms with E-state index in [1.165, 1.54) is 49.6 Å². The van der Waals surface area contributed by atoms with Crippen LogP contribution >= 0.6 is 11.8 Å². The van der Waals surface area contributed by atoms with Crippen LogP contribution in [0.1, 0.15) is 45.4 Å². The van der Waals surface area contributed by atoms with Crippen molar-refractivity contribution >= 4 is 17.7 Å². The van der Waals surface area contributed by atoms with Gasteiger partial charge in [-0.15, -0.1) is 0 Å². The fourth-order valence-corrected chi connectivity index (χ4v) is 3.89. The van der Waals surface area contributed by atoms with E-state index in [1.807, 2.05) is 6.92 Å². The van der Waals surface area contributed by atoms with Crippen LogP contribution in [0.15, 0.2) is 35.6 Å². The molecular weight excluding hydrogens is 337 g/mol. The van der Waals surface area contributed by atoms with Crippen molar-refractivity contribution in [3.05, 3.63) is 36.3 Å². The Kier molecular flexibility index (Phi) is 6.13. The molecule has 3 rings (SSSR count). The number of benzene rings is 1. The maximum atomic E-state index is 13.0. The van der Waals surface area contributed by atoms with Crippen molar-refractivity contribution in [3.8, 4) is 11.3 Å². The van der Waals surface area contributed by atoms with Crippen LogP contribution < -0.4 is 5.32 Å². The number of imidazole rings is 1. The lowest BCUT2D eigenvalue weighted by atomic mass is 10.1. The van der Waals surface area contributed by atoms with Gasteiger partial charge < -0.3 is 10.3 Å². The third-order valence-corrected chi connectivity index (χ3v) is 5.57. The Morgan fingerprint density at radius 2 is 1.92 bits per heavy atom. The first-order chi connectivity index (χ1) is 12.1. The molecule has 6 heteroatoms. The van der Waals surface area contributed by atoms with Crippen molar-refractivity contribution in [3.63, 3.8) is 0 Å². The SMILES string of the molecule is CC(Sc1ncc(-c2ccc(F)cc2)[nH]1)C(=O)NC1CCCCCC1. The number of carbonyl (C=O) groups excluding carboxylic acids is 1. The average Bonchev–Trinajstić information content (AvgIpc) is 2.91. The van der Waals surface area contributed by atoms with E-state index < -0.39 is 0 Å². The van der Waals surface area contributed by atoms with Gasteiger partial charge in [0.1, 0.15) is 5.82 Å². The van der Waals surface area contributed by atoms with Crippen LogP contribution in [0, 0.1) is 5.82 Å². The summed E-state index contributed by atoms with van der Waals surface area (Å²) in [5, 5.41) is 3.67. The topological polar surface area (TPSA) is 57.8 Å². The molecule has 1 aromatic carbocycles. The maximum Gasteiger partial charge on any atom is 0.233 e. The van der Waals surface area contributed by atoms with Gasteiger partial charge in [0.2, 0.25) is 5.91 Å². The highest BCUT2D eigenvalue weighted by atomic mass is 32.2. The highest BCUT2D eigenvalue weighted by Crippen LogP contribution is 2.25. The highest BCUT2D eigenvalue weighted by Gasteiger charge is 2.20. The molecular formula is C19H24FN3OS. The monoisotopic (exact) mass is 361 g/mol. The molecule has 1 amide bonds. The number of aromatic nitrogens is 2. The smallest absolute Gasteiger partial charge is 0.233 e. The first-order valence-corrected chi connectivity index (χ1v) is 9.78. The van der Waals surface area contributed by atoms with E-state index in [4.69, 9.17) is 0 Å². The van der Waals surface area contributed by atoms with Gasteiger partial charge in [-0.25, -0.2) is 9.37 Å². The Morgan fingerprint density at radius 3 is 2.60 bits per heavy atom. The molecule has 1 aliphatic carbocycles. The molecule has 4 nitrogen and oxygen atoms in total. The number of carbonyl (C=O) groups is 1. The number of aromatic amines is 1. The molecule has 1 saturated carbocycles. The van der Waals surface area contributed by atoms with Crippen molar-refractivity contribution in [1.82, 2.24) is 15.3 Å². The number of amides is 1. The van der Waals surface area contributed by atoms with Crippen molar-refractivity contribution in [2.75, 3.05) is 0 Å². The molecule has 0 saturated heterocycles. The second kappa shape index (κ2) is 8.52. The number of hydrogen-bond donors (Lipinski definition) is 2. The molecule has 0 spiro atoms. The Labute approximate surface area is 152 Å². The number of H-pyrrole nitrogens is 1. The van der Waals surface area contributed by atoms with E-state index in [2.05, 4.69) is 15.3 Å². The van der Waals surface area contributed by atoms with Gasteiger partial charge in [0, 0.05) is 6.04 Å². The quantitative estimate of drug-likeness (QED) is 0.607. The summed E-state index contributed by atoms with van der Waals surface area (Å²) < 4.78 is 13.0. The van der Waals surface area contributed by atoms with Crippen molar-refractivity contribution in [2.24, 2.45) is 0 Å². The molecule has 0 bridgehead atoms. The van der Waals surface area contributed by atoms with Gasteiger partial charge in [-0.1, -0.05) is 37.4 Å². The van der Waals surface area contributed by atoms with Gasteiger partial charge in [0.05, 0.1) is 17.1 Å². The predicted octanol–water partition coefficient (Wildman–Crippen LogP) is 4.54. The zero-order valence-electron chi connectivity index (χ0n) is 14.4. The molecule has 0 aliphatic heterocycles. The second-order valence-electron chi connectivity index (χ2n) is 6.57. The lowest BCUT2D eigenvalue weighted by molar-refractivity contribution is -0.121. The minimum atomic E-state index is -0.262. The van der Waals surface area contributed by atoms with Crippen molar-refractivity contribution < 1.29 is 9.18 Å². The minimum absolute atomic E-state index is 0.0663. The fourth-order valence-electron chi connectivity index (χ4n) is 3.10. The van der Waals surface area contributed by atoms with E-state index in [-0.39, 0.29) is 17.0 Å². The van der Waals surface area contributed by atoms with Crippen molar-refractivity contribution in [1.29, 1.82) is 0 Å². The van der Waals surface area contributed by atoms with Gasteiger partial charge in [-0.2, -0.15) is 0 Å². The predicted molar refractivity (Wildman–Crippen MR) is 98.9 cm³/mol. The van der Waals surface area contributed by atoms with Gasteiger partial charge >= 0.3 is 0 Å². The van der Waals surface area contributed by atoms with Gasteiger partial charge in [0.15, 0.2) is 5.16 Å². The standard InChI is InChI=1S/C19H24FN3OS/c1-13(18(24)22-16-6-4-2-3-5-7-16)25-19-21-12-17(23-19)14-8-10-15(20)11-9-14/h8-13,16H,2-7H2,1H3,(H,21,23)(H,22,24). The van der Waals surface area contributed by atoms with Crippen LogP contribution in [-0.2, 0) is 4.79 Å². The summed E-state index contributed by atoms with van der Waals surface area (Å²) in [6.45, 7) is 1.90. The van der Waals surface area contributed by atoms with E-state index in [0.29, 0.717) is 11.2 Å². The van der Waals surface area contributed by atoms with E-state index in [0.717, 1.165) is 24.1 Å². The maximum absolute atomic E-state index is 13.0. The largest absolute Gasteiger partial charge is 0.352 e. The van der Waals surface area contributed by atoms with Crippen LogP contribution in [0.2, 0.25) is 0 Å². The molecule has 1 atom stereocenters. The molecule has 25 heavy (non-hydrogen) atoms. The summed E-state index contributed by atoms with van der Waals surface area (Å²) in [4.78, 5) is 20.0. The molecule has 1 unspecified atom stereocenters. The molecule has 1 fully saturated rings. The first-order valence-electron chi connectivity index (χ1n) is 8.90. The molecule has 1 aromatic heterocycles. The third-order valence-electron chi connectivity index (χ3n) is 4.57. The third kappa shape index (κ3) is 5.08. The summed E-state index contributed by atoms with van der Waals surface area (Å²) >= 11 is 1.41. The van der Waals surface area contributed by atoms with Gasteiger partial charge in [-0.3, -0.25) is 4.79 Å². The minimum Gasteiger partial charge on any atom is -0.352 e. The zero-order valence-corrected chi connectivity index (χ0v) is 15.2. The summed E-state index contributed by atoms with van der Waals surface area (Å²) in [5.41, 5.74) is 1.69. The molecule has 0 radical (unpaired) electrons. The average molecular weight is 361 g/mol. The van der Waals surface area contributed by atoms with E-state index in [9.17, 15) is 9.18 Å². The summed E-state index contributed by atoms with van der Waals surface area (Å²) in [5.74, 6) is -0.196. The number of thioether (sulfide) groups is 1. The fraction of sp³-hybridized carbons (Fsp3) is 0.474. The highest BCUT2D eigenvalue weighted by molar-refractivity contribution is 8.00. The molecule has 2 aromatic rings. The zero-order chi connectivity index (χ0) is 17.6. The normalized spacial score (nSPS) is 17.0. The molecule has 134 valence electrons. The molecule has 2 N–H and O–H groups in total. The van der Waals surface area contributed by atoms with Crippen LogP contribution in [0.5, 0.6) is 0 Å². The summed E-state index contributed by atoms with van der Waals surface area (Å²) in [6, 6.07) is 6.57.